The first kappa shape index (κ1) is 22.7. The van der Waals surface area contributed by atoms with Crippen LogP contribution in [-0.4, -0.2) is 61.4 Å². The SMILES string of the molecule is COc1ccc(C(=O)NC(CO)c2nnc(SCC(=O)Nc3nnc(C)s3)n2C)cc1. The number of carbonyl (C=O) groups excluding carboxylic acids is 2. The summed E-state index contributed by atoms with van der Waals surface area (Å²) in [5.41, 5.74) is 0.416. The van der Waals surface area contributed by atoms with Crippen molar-refractivity contribution in [3.05, 3.63) is 40.7 Å². The van der Waals surface area contributed by atoms with Gasteiger partial charge in [0.15, 0.2) is 11.0 Å². The zero-order valence-electron chi connectivity index (χ0n) is 17.0. The van der Waals surface area contributed by atoms with Crippen LogP contribution in [0.15, 0.2) is 29.4 Å². The standard InChI is InChI=1S/C18H21N7O4S2/c1-10-21-23-17(31-10)20-14(27)9-30-18-24-22-15(25(18)2)13(8-26)19-16(28)11-4-6-12(29-3)7-5-11/h4-7,13,26H,8-9H2,1-3H3,(H,19,28)(H,20,23,27). The molecule has 11 nitrogen and oxygen atoms in total. The number of amides is 2. The van der Waals surface area contributed by atoms with Gasteiger partial charge in [-0.25, -0.2) is 0 Å². The minimum absolute atomic E-state index is 0.0899. The van der Waals surface area contributed by atoms with Crippen molar-refractivity contribution in [1.29, 1.82) is 0 Å². The van der Waals surface area contributed by atoms with Crippen LogP contribution in [0.5, 0.6) is 5.75 Å². The smallest absolute Gasteiger partial charge is 0.251 e. The lowest BCUT2D eigenvalue weighted by Crippen LogP contribution is -2.32. The van der Waals surface area contributed by atoms with Crippen LogP contribution in [0.1, 0.15) is 27.2 Å². The highest BCUT2D eigenvalue weighted by Gasteiger charge is 2.22. The molecular formula is C18H21N7O4S2. The van der Waals surface area contributed by atoms with Crippen molar-refractivity contribution in [1.82, 2.24) is 30.3 Å². The van der Waals surface area contributed by atoms with Crippen LogP contribution in [0.2, 0.25) is 0 Å². The van der Waals surface area contributed by atoms with Crippen LogP contribution in [0.4, 0.5) is 5.13 Å². The number of ether oxygens (including phenoxy) is 1. The second-order valence-corrected chi connectivity index (χ2v) is 8.42. The summed E-state index contributed by atoms with van der Waals surface area (Å²) in [5, 5.41) is 32.7. The Morgan fingerprint density at radius 2 is 1.97 bits per heavy atom. The molecule has 0 bridgehead atoms. The minimum Gasteiger partial charge on any atom is -0.497 e. The van der Waals surface area contributed by atoms with Gasteiger partial charge in [0.25, 0.3) is 5.91 Å². The first-order chi connectivity index (χ1) is 14.9. The number of hydrogen-bond donors (Lipinski definition) is 3. The molecule has 3 rings (SSSR count). The first-order valence-corrected chi connectivity index (χ1v) is 10.9. The quantitative estimate of drug-likeness (QED) is 0.398. The third-order valence-electron chi connectivity index (χ3n) is 4.13. The van der Waals surface area contributed by atoms with Gasteiger partial charge in [-0.1, -0.05) is 23.1 Å². The Hall–Kier alpha value is -3.03. The van der Waals surface area contributed by atoms with E-state index in [9.17, 15) is 14.7 Å². The molecule has 0 radical (unpaired) electrons. The molecule has 13 heteroatoms. The number of thioether (sulfide) groups is 1. The fourth-order valence-electron chi connectivity index (χ4n) is 2.56. The Balaban J connectivity index is 1.61. The largest absolute Gasteiger partial charge is 0.497 e. The number of methoxy groups -OCH3 is 1. The molecule has 2 amide bonds. The fraction of sp³-hybridized carbons (Fsp3) is 0.333. The van der Waals surface area contributed by atoms with Gasteiger partial charge in [-0.3, -0.25) is 14.9 Å². The number of nitrogens with zero attached hydrogens (tertiary/aromatic N) is 5. The Labute approximate surface area is 186 Å². The number of benzene rings is 1. The molecule has 3 N–H and O–H groups in total. The molecule has 0 aliphatic rings. The molecule has 1 unspecified atom stereocenters. The number of aromatic nitrogens is 5. The van der Waals surface area contributed by atoms with Crippen molar-refractivity contribution in [2.75, 3.05) is 24.8 Å². The van der Waals surface area contributed by atoms with Gasteiger partial charge in [0.05, 0.1) is 19.5 Å². The molecule has 0 spiro atoms. The van der Waals surface area contributed by atoms with E-state index in [1.54, 1.807) is 49.9 Å². The van der Waals surface area contributed by atoms with Gasteiger partial charge >= 0.3 is 0 Å². The number of aliphatic hydroxyl groups excluding tert-OH is 1. The molecule has 0 aliphatic heterocycles. The maximum atomic E-state index is 12.5. The molecule has 31 heavy (non-hydrogen) atoms. The molecule has 1 aromatic carbocycles. The van der Waals surface area contributed by atoms with Crippen molar-refractivity contribution in [2.45, 2.75) is 18.1 Å². The fourth-order valence-corrected chi connectivity index (χ4v) is 3.89. The van der Waals surface area contributed by atoms with Crippen LogP contribution in [0.3, 0.4) is 0 Å². The molecule has 2 heterocycles. The number of aliphatic hydroxyl groups is 1. The monoisotopic (exact) mass is 463 g/mol. The number of nitrogens with one attached hydrogen (secondary N) is 2. The Morgan fingerprint density at radius 3 is 2.58 bits per heavy atom. The summed E-state index contributed by atoms with van der Waals surface area (Å²) in [5.74, 6) is 0.470. The van der Waals surface area contributed by atoms with Gasteiger partial charge in [-0.2, -0.15) is 0 Å². The second kappa shape index (κ2) is 10.3. The van der Waals surface area contributed by atoms with Crippen molar-refractivity contribution in [3.63, 3.8) is 0 Å². The van der Waals surface area contributed by atoms with Crippen molar-refractivity contribution in [2.24, 2.45) is 7.05 Å². The topological polar surface area (TPSA) is 144 Å². The van der Waals surface area contributed by atoms with E-state index in [4.69, 9.17) is 4.74 Å². The summed E-state index contributed by atoms with van der Waals surface area (Å²) >= 11 is 2.46. The third kappa shape index (κ3) is 5.77. The summed E-state index contributed by atoms with van der Waals surface area (Å²) in [6, 6.07) is 5.83. The first-order valence-electron chi connectivity index (χ1n) is 9.09. The average molecular weight is 464 g/mol. The molecule has 2 aromatic heterocycles. The second-order valence-electron chi connectivity index (χ2n) is 6.30. The van der Waals surface area contributed by atoms with E-state index in [2.05, 4.69) is 31.0 Å². The zero-order valence-corrected chi connectivity index (χ0v) is 18.7. The van der Waals surface area contributed by atoms with Gasteiger partial charge in [-0.15, -0.1) is 20.4 Å². The predicted octanol–water partition coefficient (Wildman–Crippen LogP) is 1.18. The van der Waals surface area contributed by atoms with E-state index in [-0.39, 0.29) is 24.2 Å². The molecule has 3 aromatic rings. The van der Waals surface area contributed by atoms with Crippen LogP contribution in [-0.2, 0) is 11.8 Å². The summed E-state index contributed by atoms with van der Waals surface area (Å²) in [7, 11) is 3.24. The third-order valence-corrected chi connectivity index (χ3v) is 5.90. The zero-order chi connectivity index (χ0) is 22.4. The van der Waals surface area contributed by atoms with Crippen LogP contribution in [0, 0.1) is 6.92 Å². The maximum absolute atomic E-state index is 12.5. The highest BCUT2D eigenvalue weighted by atomic mass is 32.2. The van der Waals surface area contributed by atoms with Crippen LogP contribution >= 0.6 is 23.1 Å². The maximum Gasteiger partial charge on any atom is 0.251 e. The molecule has 0 saturated carbocycles. The summed E-state index contributed by atoms with van der Waals surface area (Å²) < 4.78 is 6.71. The molecule has 1 atom stereocenters. The van der Waals surface area contributed by atoms with Gasteiger partial charge < -0.3 is 19.7 Å². The van der Waals surface area contributed by atoms with E-state index in [0.29, 0.717) is 27.4 Å². The van der Waals surface area contributed by atoms with Gasteiger partial charge in [0.1, 0.15) is 16.8 Å². The predicted molar refractivity (Wildman–Crippen MR) is 115 cm³/mol. The summed E-state index contributed by atoms with van der Waals surface area (Å²) in [6.07, 6.45) is 0. The Morgan fingerprint density at radius 1 is 1.23 bits per heavy atom. The van der Waals surface area contributed by atoms with Crippen molar-refractivity contribution >= 4 is 40.0 Å². The highest BCUT2D eigenvalue weighted by molar-refractivity contribution is 7.99. The Kier molecular flexibility index (Phi) is 7.55. The van der Waals surface area contributed by atoms with Crippen LogP contribution < -0.4 is 15.4 Å². The van der Waals surface area contributed by atoms with E-state index in [0.717, 1.165) is 5.01 Å². The molecular weight excluding hydrogens is 442 g/mol. The number of aryl methyl sites for hydroxylation is 1. The molecule has 0 aliphatic carbocycles. The van der Waals surface area contributed by atoms with Gasteiger partial charge in [-0.05, 0) is 31.2 Å². The molecule has 0 fully saturated rings. The average Bonchev–Trinajstić information content (AvgIpc) is 3.35. The summed E-state index contributed by atoms with van der Waals surface area (Å²) in [6.45, 7) is 1.43. The van der Waals surface area contributed by atoms with E-state index in [1.165, 1.54) is 23.1 Å². The van der Waals surface area contributed by atoms with Crippen molar-refractivity contribution < 1.29 is 19.4 Å². The van der Waals surface area contributed by atoms with Gasteiger partial charge in [0, 0.05) is 12.6 Å². The van der Waals surface area contributed by atoms with Crippen molar-refractivity contribution in [3.8, 4) is 5.75 Å². The minimum atomic E-state index is -0.764. The highest BCUT2D eigenvalue weighted by Crippen LogP contribution is 2.21. The normalized spacial score (nSPS) is 11.7. The summed E-state index contributed by atoms with van der Waals surface area (Å²) in [4.78, 5) is 24.6. The lowest BCUT2D eigenvalue weighted by molar-refractivity contribution is -0.113. The number of hydrogen-bond acceptors (Lipinski definition) is 10. The number of rotatable bonds is 9. The Bertz CT molecular complexity index is 1050. The number of carbonyl (C=O) groups is 2. The van der Waals surface area contributed by atoms with Gasteiger partial charge in [0.2, 0.25) is 11.0 Å². The number of anilines is 1. The molecule has 0 saturated heterocycles. The lowest BCUT2D eigenvalue weighted by Gasteiger charge is -2.16. The molecule has 164 valence electrons. The van der Waals surface area contributed by atoms with Crippen LogP contribution in [0.25, 0.3) is 0 Å². The van der Waals surface area contributed by atoms with E-state index < -0.39 is 6.04 Å². The van der Waals surface area contributed by atoms with E-state index in [1.807, 2.05) is 0 Å². The lowest BCUT2D eigenvalue weighted by atomic mass is 10.2. The van der Waals surface area contributed by atoms with E-state index >= 15 is 0 Å².